The van der Waals surface area contributed by atoms with E-state index in [1.807, 2.05) is 6.08 Å². The normalized spacial score (nSPS) is 52.9. The molecular weight excluding hydrogens is 324 g/mol. The Bertz CT molecular complexity index is 804. The molecule has 0 aromatic carbocycles. The fourth-order valence-corrected chi connectivity index (χ4v) is 8.04. The number of rotatable bonds is 1. The molecule has 1 aliphatic heterocycles. The zero-order valence-corrected chi connectivity index (χ0v) is 15.3. The van der Waals surface area contributed by atoms with Gasteiger partial charge < -0.3 is 4.74 Å². The Morgan fingerprint density at radius 3 is 2.85 bits per heavy atom. The topological polar surface area (TPSA) is 43.4 Å². The van der Waals surface area contributed by atoms with Gasteiger partial charge >= 0.3 is 5.97 Å². The van der Waals surface area contributed by atoms with Gasteiger partial charge in [-0.15, -0.1) is 0 Å². The number of fused-ring (bicyclic) bond motifs is 9. The van der Waals surface area contributed by atoms with Gasteiger partial charge in [0, 0.05) is 23.8 Å². The summed E-state index contributed by atoms with van der Waals surface area (Å²) in [5, 5.41) is 0. The largest absolute Gasteiger partial charge is 0.451 e. The minimum atomic E-state index is -0.328. The van der Waals surface area contributed by atoms with Gasteiger partial charge in [0.15, 0.2) is 5.78 Å². The highest BCUT2D eigenvalue weighted by Crippen LogP contribution is 2.78. The molecule has 1 heterocycles. The quantitative estimate of drug-likeness (QED) is 0.671. The zero-order chi connectivity index (χ0) is 17.7. The van der Waals surface area contributed by atoms with Gasteiger partial charge in [-0.2, -0.15) is 0 Å². The molecule has 6 aliphatic rings. The van der Waals surface area contributed by atoms with Crippen molar-refractivity contribution in [1.29, 1.82) is 0 Å². The van der Waals surface area contributed by atoms with Crippen LogP contribution in [0.25, 0.3) is 0 Å². The second-order valence-electron chi connectivity index (χ2n) is 9.48. The summed E-state index contributed by atoms with van der Waals surface area (Å²) in [4.78, 5) is 23.9. The lowest BCUT2D eigenvalue weighted by atomic mass is 9.49. The lowest BCUT2D eigenvalue weighted by Gasteiger charge is -2.56. The number of ether oxygens (including phenoxy) is 1. The maximum Gasteiger partial charge on any atom is 0.331 e. The summed E-state index contributed by atoms with van der Waals surface area (Å²) in [6.45, 7) is 2.30. The van der Waals surface area contributed by atoms with Crippen LogP contribution in [0.3, 0.4) is 0 Å². The Balaban J connectivity index is 1.44. The Morgan fingerprint density at radius 1 is 1.19 bits per heavy atom. The molecule has 8 atom stereocenters. The molecule has 26 heavy (non-hydrogen) atoms. The second-order valence-corrected chi connectivity index (χ2v) is 9.48. The smallest absolute Gasteiger partial charge is 0.331 e. The van der Waals surface area contributed by atoms with Crippen LogP contribution in [0.1, 0.15) is 45.4 Å². The first kappa shape index (κ1) is 15.4. The number of hydrogen-bond acceptors (Lipinski definition) is 3. The average molecular weight is 350 g/mol. The molecule has 0 aromatic rings. The highest BCUT2D eigenvalue weighted by atomic mass is 16.6. The van der Waals surface area contributed by atoms with Crippen molar-refractivity contribution >= 4 is 11.8 Å². The molecule has 3 heteroatoms. The van der Waals surface area contributed by atoms with Crippen molar-refractivity contribution in [3.8, 4) is 0 Å². The van der Waals surface area contributed by atoms with Crippen molar-refractivity contribution < 1.29 is 14.3 Å². The minimum Gasteiger partial charge on any atom is -0.451 e. The number of hydrogen-bond donors (Lipinski definition) is 0. The lowest BCUT2D eigenvalue weighted by Crippen LogP contribution is -2.55. The van der Waals surface area contributed by atoms with Crippen LogP contribution < -0.4 is 0 Å². The third-order valence-corrected chi connectivity index (χ3v) is 8.95. The number of esters is 1. The van der Waals surface area contributed by atoms with Gasteiger partial charge in [0.05, 0.1) is 0 Å². The third kappa shape index (κ3) is 1.62. The van der Waals surface area contributed by atoms with E-state index in [0.29, 0.717) is 47.7 Å². The van der Waals surface area contributed by atoms with Gasteiger partial charge in [-0.1, -0.05) is 19.1 Å². The first-order chi connectivity index (χ1) is 12.6. The first-order valence-electron chi connectivity index (χ1n) is 10.4. The zero-order valence-electron chi connectivity index (χ0n) is 15.3. The lowest BCUT2D eigenvalue weighted by molar-refractivity contribution is -0.169. The van der Waals surface area contributed by atoms with Crippen molar-refractivity contribution in [1.82, 2.24) is 0 Å². The van der Waals surface area contributed by atoms with E-state index in [0.717, 1.165) is 19.3 Å². The van der Waals surface area contributed by atoms with Gasteiger partial charge in [0.1, 0.15) is 5.60 Å². The molecule has 3 unspecified atom stereocenters. The summed E-state index contributed by atoms with van der Waals surface area (Å²) >= 11 is 0. The Kier molecular flexibility index (Phi) is 2.84. The standard InChI is InChI=1S/C23H26O3/c1-2-22-9-7-16-15-6-4-14(24)11-13(15)3-5-17(16)21(22)18-12-19(18)23(22)10-8-20(25)26-23/h3,5,8,10-11,15-19,21H,2,4,6-7,9,12H2,1H3/t15-,16?,17?,18-,19+,21?,22-,23-/m0/s1. The molecule has 1 spiro atoms. The van der Waals surface area contributed by atoms with E-state index in [2.05, 4.69) is 25.2 Å². The summed E-state index contributed by atoms with van der Waals surface area (Å²) in [7, 11) is 0. The molecule has 0 bridgehead atoms. The average Bonchev–Trinajstić information content (AvgIpc) is 3.29. The monoisotopic (exact) mass is 350 g/mol. The maximum atomic E-state index is 12.0. The molecular formula is C23H26O3. The summed E-state index contributed by atoms with van der Waals surface area (Å²) < 4.78 is 6.10. The van der Waals surface area contributed by atoms with Gasteiger partial charge in [-0.3, -0.25) is 4.79 Å². The predicted octanol–water partition coefficient (Wildman–Crippen LogP) is 4.00. The van der Waals surface area contributed by atoms with Gasteiger partial charge in [0.25, 0.3) is 0 Å². The van der Waals surface area contributed by atoms with Gasteiger partial charge in [0.2, 0.25) is 0 Å². The van der Waals surface area contributed by atoms with Crippen LogP contribution in [0.2, 0.25) is 0 Å². The van der Waals surface area contributed by atoms with Crippen molar-refractivity contribution in [2.24, 2.45) is 40.9 Å². The molecule has 0 amide bonds. The van der Waals surface area contributed by atoms with Crippen LogP contribution >= 0.6 is 0 Å². The molecule has 3 fully saturated rings. The van der Waals surface area contributed by atoms with E-state index in [9.17, 15) is 9.59 Å². The molecule has 3 saturated carbocycles. The first-order valence-corrected chi connectivity index (χ1v) is 10.4. The molecule has 0 N–H and O–H groups in total. The van der Waals surface area contributed by atoms with E-state index >= 15 is 0 Å². The molecule has 136 valence electrons. The summed E-state index contributed by atoms with van der Waals surface area (Å²) in [6.07, 6.45) is 16.8. The van der Waals surface area contributed by atoms with Crippen LogP contribution in [0.5, 0.6) is 0 Å². The minimum absolute atomic E-state index is 0.112. The van der Waals surface area contributed by atoms with Crippen molar-refractivity contribution in [3.63, 3.8) is 0 Å². The number of allylic oxidation sites excluding steroid dienone is 4. The highest BCUT2D eigenvalue weighted by molar-refractivity contribution is 5.92. The molecule has 6 rings (SSSR count). The van der Waals surface area contributed by atoms with E-state index in [-0.39, 0.29) is 17.0 Å². The summed E-state index contributed by atoms with van der Waals surface area (Å²) in [6, 6.07) is 0. The third-order valence-electron chi connectivity index (χ3n) is 8.95. The predicted molar refractivity (Wildman–Crippen MR) is 96.9 cm³/mol. The van der Waals surface area contributed by atoms with Crippen molar-refractivity contribution in [3.05, 3.63) is 36.0 Å². The fourth-order valence-electron chi connectivity index (χ4n) is 8.04. The van der Waals surface area contributed by atoms with Crippen LogP contribution in [0.4, 0.5) is 0 Å². The van der Waals surface area contributed by atoms with Crippen molar-refractivity contribution in [2.45, 2.75) is 51.0 Å². The van der Waals surface area contributed by atoms with Gasteiger partial charge in [-0.05, 0) is 79.4 Å². The molecule has 0 saturated heterocycles. The van der Waals surface area contributed by atoms with Crippen LogP contribution in [0.15, 0.2) is 36.0 Å². The van der Waals surface area contributed by atoms with E-state index in [1.165, 1.54) is 18.4 Å². The number of carbonyl (C=O) groups is 2. The summed E-state index contributed by atoms with van der Waals surface area (Å²) in [5.41, 5.74) is 1.06. The second kappa shape index (κ2) is 4.79. The van der Waals surface area contributed by atoms with Crippen LogP contribution in [-0.4, -0.2) is 17.4 Å². The Morgan fingerprint density at radius 2 is 2.08 bits per heavy atom. The summed E-state index contributed by atoms with van der Waals surface area (Å²) in [5.74, 6) is 3.84. The van der Waals surface area contributed by atoms with E-state index < -0.39 is 0 Å². The maximum absolute atomic E-state index is 12.0. The fraction of sp³-hybridized carbons (Fsp3) is 0.652. The number of carbonyl (C=O) groups excluding carboxylic acids is 2. The van der Waals surface area contributed by atoms with Crippen LogP contribution in [0, 0.1) is 40.9 Å². The van der Waals surface area contributed by atoms with E-state index in [4.69, 9.17) is 4.74 Å². The highest BCUT2D eigenvalue weighted by Gasteiger charge is 2.78. The Hall–Kier alpha value is -1.64. The SMILES string of the molecule is CC[C@]12CCC3C(C=CC4=CC(=O)CC[C@@H]43)C1[C@H]1C[C@H]1[C@@]21C=CC(=O)O1. The van der Waals surface area contributed by atoms with Crippen LogP contribution in [-0.2, 0) is 14.3 Å². The molecule has 5 aliphatic carbocycles. The molecule has 0 aromatic heterocycles. The van der Waals surface area contributed by atoms with Gasteiger partial charge in [-0.25, -0.2) is 4.79 Å². The Labute approximate surface area is 154 Å². The molecule has 0 radical (unpaired) electrons. The molecule has 3 nitrogen and oxygen atoms in total. The van der Waals surface area contributed by atoms with E-state index in [1.54, 1.807) is 6.08 Å². The number of ketones is 1. The van der Waals surface area contributed by atoms with Crippen molar-refractivity contribution in [2.75, 3.05) is 0 Å².